The first kappa shape index (κ1) is 14.3. The van der Waals surface area contributed by atoms with E-state index in [0.29, 0.717) is 5.71 Å². The molecule has 0 spiro atoms. The number of nitrogens with one attached hydrogen (secondary N) is 2. The maximum Gasteiger partial charge on any atom is 0.274 e. The third-order valence-corrected chi connectivity index (χ3v) is 4.13. The Morgan fingerprint density at radius 2 is 1.71 bits per heavy atom. The van der Waals surface area contributed by atoms with Crippen LogP contribution in [0.1, 0.15) is 46.1 Å². The Bertz CT molecular complexity index is 600. The molecule has 0 unspecified atom stereocenters. The Hall–Kier alpha value is -1.68. The van der Waals surface area contributed by atoms with Crippen molar-refractivity contribution in [1.82, 2.24) is 5.32 Å². The van der Waals surface area contributed by atoms with E-state index in [9.17, 15) is 4.79 Å². The lowest BCUT2D eigenvalue weighted by atomic mass is 9.80. The summed E-state index contributed by atoms with van der Waals surface area (Å²) in [7, 11) is 0. The van der Waals surface area contributed by atoms with Crippen LogP contribution in [0, 0.1) is 0 Å². The second kappa shape index (κ2) is 4.67. The highest BCUT2D eigenvalue weighted by molar-refractivity contribution is 6.53. The molecule has 0 radical (unpaired) electrons. The smallest absolute Gasteiger partial charge is 0.274 e. The van der Waals surface area contributed by atoms with Crippen LogP contribution in [0.3, 0.4) is 0 Å². The summed E-state index contributed by atoms with van der Waals surface area (Å²) in [6, 6.07) is 7.93. The highest BCUT2D eigenvalue weighted by Crippen LogP contribution is 2.32. The monoisotopic (exact) mass is 285 g/mol. The molecule has 2 heterocycles. The van der Waals surface area contributed by atoms with Crippen molar-refractivity contribution < 1.29 is 4.79 Å². The number of rotatable bonds is 1. The summed E-state index contributed by atoms with van der Waals surface area (Å²) < 4.78 is 0. The van der Waals surface area contributed by atoms with Crippen molar-refractivity contribution in [2.24, 2.45) is 4.99 Å². The van der Waals surface area contributed by atoms with Crippen LogP contribution < -0.4 is 10.6 Å². The quantitative estimate of drug-likeness (QED) is 0.833. The number of para-hydroxylation sites is 1. The maximum atomic E-state index is 12.2. The van der Waals surface area contributed by atoms with E-state index < -0.39 is 0 Å². The second-order valence-electron chi connectivity index (χ2n) is 7.43. The molecule has 3 rings (SSSR count). The summed E-state index contributed by atoms with van der Waals surface area (Å²) in [6.45, 7) is 8.79. The maximum absolute atomic E-state index is 12.2. The van der Waals surface area contributed by atoms with Crippen LogP contribution in [0.2, 0.25) is 0 Å². The average Bonchev–Trinajstić information content (AvgIpc) is 2.62. The zero-order valence-corrected chi connectivity index (χ0v) is 13.2. The van der Waals surface area contributed by atoms with Gasteiger partial charge in [0, 0.05) is 16.6 Å². The third-order valence-electron chi connectivity index (χ3n) is 4.13. The summed E-state index contributed by atoms with van der Waals surface area (Å²) in [6.07, 6.45) is 1.88. The Labute approximate surface area is 126 Å². The lowest BCUT2D eigenvalue weighted by Gasteiger charge is -2.45. The van der Waals surface area contributed by atoms with Crippen LogP contribution in [-0.2, 0) is 4.79 Å². The van der Waals surface area contributed by atoms with E-state index in [1.165, 1.54) is 0 Å². The molecule has 0 bridgehead atoms. The van der Waals surface area contributed by atoms with Gasteiger partial charge in [0.05, 0.1) is 11.7 Å². The first-order chi connectivity index (χ1) is 9.76. The topological polar surface area (TPSA) is 53.5 Å². The van der Waals surface area contributed by atoms with E-state index in [-0.39, 0.29) is 23.0 Å². The number of carbonyl (C=O) groups is 1. The fourth-order valence-corrected chi connectivity index (χ4v) is 3.77. The predicted octanol–water partition coefficient (Wildman–Crippen LogP) is 2.74. The minimum absolute atomic E-state index is 0.0328. The van der Waals surface area contributed by atoms with Gasteiger partial charge in [-0.1, -0.05) is 18.2 Å². The third kappa shape index (κ3) is 2.86. The molecule has 21 heavy (non-hydrogen) atoms. The number of benzene rings is 1. The molecule has 1 saturated heterocycles. The van der Waals surface area contributed by atoms with E-state index in [4.69, 9.17) is 4.99 Å². The summed E-state index contributed by atoms with van der Waals surface area (Å²) in [4.78, 5) is 17.0. The zero-order valence-electron chi connectivity index (χ0n) is 13.2. The van der Waals surface area contributed by atoms with Crippen LogP contribution in [0.15, 0.2) is 29.3 Å². The van der Waals surface area contributed by atoms with E-state index in [2.05, 4.69) is 38.3 Å². The van der Waals surface area contributed by atoms with Crippen LogP contribution in [0.4, 0.5) is 5.69 Å². The zero-order chi connectivity index (χ0) is 15.3. The Morgan fingerprint density at radius 3 is 2.38 bits per heavy atom. The molecule has 4 heteroatoms. The van der Waals surface area contributed by atoms with Crippen molar-refractivity contribution in [2.45, 2.75) is 57.7 Å². The van der Waals surface area contributed by atoms with E-state index >= 15 is 0 Å². The Balaban J connectivity index is 1.93. The summed E-state index contributed by atoms with van der Waals surface area (Å²) in [5.41, 5.74) is 2.45. The van der Waals surface area contributed by atoms with Crippen molar-refractivity contribution in [3.8, 4) is 0 Å². The number of amides is 1. The molecule has 2 N–H and O–H groups in total. The highest BCUT2D eigenvalue weighted by atomic mass is 16.2. The van der Waals surface area contributed by atoms with Gasteiger partial charge in [-0.3, -0.25) is 9.79 Å². The number of hydrogen-bond acceptors (Lipinski definition) is 3. The van der Waals surface area contributed by atoms with Crippen LogP contribution in [-0.4, -0.2) is 28.7 Å². The van der Waals surface area contributed by atoms with Crippen molar-refractivity contribution in [3.05, 3.63) is 29.8 Å². The Kier molecular flexibility index (Phi) is 3.17. The number of nitrogens with zero attached hydrogens (tertiary/aromatic N) is 1. The van der Waals surface area contributed by atoms with Crippen molar-refractivity contribution in [3.63, 3.8) is 0 Å². The molecule has 4 nitrogen and oxygen atoms in total. The molecule has 2 aliphatic rings. The number of aliphatic imine (C=N–C) groups is 1. The van der Waals surface area contributed by atoms with Gasteiger partial charge in [0.15, 0.2) is 0 Å². The molecule has 1 fully saturated rings. The Morgan fingerprint density at radius 1 is 1.10 bits per heavy atom. The molecular weight excluding hydrogens is 262 g/mol. The number of piperidine rings is 1. The first-order valence-electron chi connectivity index (χ1n) is 7.54. The van der Waals surface area contributed by atoms with Gasteiger partial charge >= 0.3 is 0 Å². The van der Waals surface area contributed by atoms with Crippen molar-refractivity contribution in [1.29, 1.82) is 0 Å². The number of anilines is 1. The lowest BCUT2D eigenvalue weighted by molar-refractivity contribution is -0.110. The van der Waals surface area contributed by atoms with Gasteiger partial charge in [-0.2, -0.15) is 0 Å². The van der Waals surface area contributed by atoms with Gasteiger partial charge in [-0.25, -0.2) is 0 Å². The summed E-state index contributed by atoms with van der Waals surface area (Å²) in [5, 5.41) is 6.54. The molecule has 1 aromatic rings. The van der Waals surface area contributed by atoms with E-state index in [1.54, 1.807) is 0 Å². The fourth-order valence-electron chi connectivity index (χ4n) is 3.77. The van der Waals surface area contributed by atoms with Gasteiger partial charge in [0.25, 0.3) is 5.91 Å². The fraction of sp³-hybridized carbons (Fsp3) is 0.529. The number of fused-ring (bicyclic) bond motifs is 1. The van der Waals surface area contributed by atoms with Crippen molar-refractivity contribution >= 4 is 17.3 Å². The van der Waals surface area contributed by atoms with E-state index in [0.717, 1.165) is 24.1 Å². The standard InChI is InChI=1S/C17H23N3O/c1-16(2)9-11(10-17(3,4)20-16)18-14-12-7-5-6-8-13(12)19-15(14)21/h5-8,11,20H,9-10H2,1-4H3,(H,18,19,21). The van der Waals surface area contributed by atoms with E-state index in [1.807, 2.05) is 24.3 Å². The second-order valence-corrected chi connectivity index (χ2v) is 7.43. The predicted molar refractivity (Wildman–Crippen MR) is 85.9 cm³/mol. The van der Waals surface area contributed by atoms with Crippen LogP contribution in [0.5, 0.6) is 0 Å². The molecule has 1 amide bonds. The largest absolute Gasteiger partial charge is 0.320 e. The SMILES string of the molecule is CC1(C)CC(N=C2C(=O)Nc3ccccc32)CC(C)(C)N1. The minimum atomic E-state index is -0.0784. The van der Waals surface area contributed by atoms with Gasteiger partial charge in [-0.15, -0.1) is 0 Å². The molecule has 0 atom stereocenters. The molecule has 112 valence electrons. The molecule has 0 saturated carbocycles. The molecule has 1 aromatic carbocycles. The number of carbonyl (C=O) groups excluding carboxylic acids is 1. The molecule has 0 aromatic heterocycles. The van der Waals surface area contributed by atoms with Gasteiger partial charge in [0.1, 0.15) is 5.71 Å². The average molecular weight is 285 g/mol. The first-order valence-corrected chi connectivity index (χ1v) is 7.54. The number of hydrogen-bond donors (Lipinski definition) is 2. The van der Waals surface area contributed by atoms with Gasteiger partial charge in [0.2, 0.25) is 0 Å². The molecule has 2 aliphatic heterocycles. The molecule has 0 aliphatic carbocycles. The van der Waals surface area contributed by atoms with Gasteiger partial charge < -0.3 is 10.6 Å². The molecular formula is C17H23N3O. The normalized spacial score (nSPS) is 25.7. The van der Waals surface area contributed by atoms with Crippen molar-refractivity contribution in [2.75, 3.05) is 5.32 Å². The van der Waals surface area contributed by atoms with Gasteiger partial charge in [-0.05, 0) is 46.6 Å². The van der Waals surface area contributed by atoms with Crippen LogP contribution in [0.25, 0.3) is 0 Å². The van der Waals surface area contributed by atoms with Crippen LogP contribution >= 0.6 is 0 Å². The summed E-state index contributed by atoms with van der Waals surface area (Å²) >= 11 is 0. The summed E-state index contributed by atoms with van der Waals surface area (Å²) in [5.74, 6) is -0.0784. The minimum Gasteiger partial charge on any atom is -0.320 e. The highest BCUT2D eigenvalue weighted by Gasteiger charge is 2.38. The lowest BCUT2D eigenvalue weighted by Crippen LogP contribution is -2.59.